The Labute approximate surface area is 309 Å². The summed E-state index contributed by atoms with van der Waals surface area (Å²) in [7, 11) is 4.50. The average molecular weight is 678 g/mol. The van der Waals surface area contributed by atoms with Gasteiger partial charge in [-0.1, -0.05) is 44.2 Å². The molecule has 0 atom stereocenters. The van der Waals surface area contributed by atoms with Crippen molar-refractivity contribution in [3.8, 4) is 0 Å². The van der Waals surface area contributed by atoms with E-state index in [1.807, 2.05) is 0 Å². The van der Waals surface area contributed by atoms with Crippen LogP contribution in [0.2, 0.25) is 0 Å². The zero-order valence-corrected chi connectivity index (χ0v) is 34.9. The van der Waals surface area contributed by atoms with Crippen LogP contribution < -0.4 is 4.90 Å². The second-order valence-corrected chi connectivity index (χ2v) is 16.9. The normalized spacial score (nSPS) is 17.6. The monoisotopic (exact) mass is 677 g/mol. The van der Waals surface area contributed by atoms with Crippen LogP contribution in [0, 0.1) is 83.1 Å². The minimum Gasteiger partial charge on any atom is -0.347 e. The van der Waals surface area contributed by atoms with E-state index in [1.54, 1.807) is 0 Å². The largest absolute Gasteiger partial charge is 0.347 e. The van der Waals surface area contributed by atoms with Gasteiger partial charge in [-0.15, -0.1) is 0 Å². The predicted molar refractivity (Wildman–Crippen MR) is 226 cm³/mol. The fourth-order valence-corrected chi connectivity index (χ4v) is 10.0. The number of benzene rings is 4. The molecule has 0 saturated heterocycles. The van der Waals surface area contributed by atoms with Crippen LogP contribution in [-0.2, 0) is 10.8 Å². The molecule has 0 saturated carbocycles. The van der Waals surface area contributed by atoms with Crippen molar-refractivity contribution in [2.45, 2.75) is 122 Å². The lowest BCUT2D eigenvalue weighted by molar-refractivity contribution is -0.402. The Morgan fingerprint density at radius 2 is 0.863 bits per heavy atom. The minimum atomic E-state index is -0.118. The van der Waals surface area contributed by atoms with Gasteiger partial charge >= 0.3 is 0 Å². The maximum Gasteiger partial charge on any atom is 0.213 e. The number of hydrogen-bond acceptors (Lipinski definition) is 1. The zero-order valence-electron chi connectivity index (χ0n) is 34.9. The van der Waals surface area contributed by atoms with Crippen LogP contribution in [0.4, 0.5) is 11.4 Å². The van der Waals surface area contributed by atoms with E-state index in [9.17, 15) is 0 Å². The van der Waals surface area contributed by atoms with Crippen LogP contribution in [0.5, 0.6) is 0 Å². The van der Waals surface area contributed by atoms with E-state index in [2.05, 4.69) is 177 Å². The Morgan fingerprint density at radius 3 is 1.39 bits per heavy atom. The third-order valence-electron chi connectivity index (χ3n) is 13.8. The molecule has 2 aliphatic heterocycles. The van der Waals surface area contributed by atoms with Crippen LogP contribution in [0.25, 0.3) is 21.5 Å². The van der Waals surface area contributed by atoms with Crippen molar-refractivity contribution >= 4 is 38.6 Å². The van der Waals surface area contributed by atoms with Crippen LogP contribution in [0.15, 0.2) is 48.2 Å². The quantitative estimate of drug-likeness (QED) is 0.154. The number of fused-ring (bicyclic) bond motifs is 6. The molecule has 51 heavy (non-hydrogen) atoms. The third-order valence-corrected chi connectivity index (χ3v) is 13.8. The van der Waals surface area contributed by atoms with Crippen LogP contribution >= 0.6 is 0 Å². The van der Waals surface area contributed by atoms with Crippen LogP contribution in [0.3, 0.4) is 0 Å². The summed E-state index contributed by atoms with van der Waals surface area (Å²) in [6.45, 7) is 37.3. The molecule has 0 spiro atoms. The van der Waals surface area contributed by atoms with Gasteiger partial charge in [0.2, 0.25) is 5.69 Å². The molecule has 266 valence electrons. The first kappa shape index (κ1) is 36.6. The molecular weight excluding hydrogens is 617 g/mol. The molecule has 0 radical (unpaired) electrons. The van der Waals surface area contributed by atoms with Crippen molar-refractivity contribution in [3.05, 3.63) is 126 Å². The Kier molecular flexibility index (Phi) is 8.77. The summed E-state index contributed by atoms with van der Waals surface area (Å²) in [5.41, 5.74) is 25.1. The molecule has 6 rings (SSSR count). The average Bonchev–Trinajstić information content (AvgIpc) is 3.40. The first-order valence-electron chi connectivity index (χ1n) is 18.9. The molecule has 0 amide bonds. The summed E-state index contributed by atoms with van der Waals surface area (Å²) in [4.78, 5) is 2.45. The van der Waals surface area contributed by atoms with Crippen molar-refractivity contribution in [2.75, 3.05) is 19.0 Å². The summed E-state index contributed by atoms with van der Waals surface area (Å²) in [6, 6.07) is 0. The summed E-state index contributed by atoms with van der Waals surface area (Å²) >= 11 is 0. The molecule has 4 aromatic rings. The molecule has 0 fully saturated rings. The van der Waals surface area contributed by atoms with Gasteiger partial charge in [0.25, 0.3) is 0 Å². The van der Waals surface area contributed by atoms with Crippen molar-refractivity contribution in [3.63, 3.8) is 0 Å². The number of aryl methyl sites for hydroxylation is 6. The molecule has 2 nitrogen and oxygen atoms in total. The highest BCUT2D eigenvalue weighted by Crippen LogP contribution is 2.54. The molecule has 2 aliphatic rings. The van der Waals surface area contributed by atoms with Gasteiger partial charge in [-0.05, 0) is 191 Å². The van der Waals surface area contributed by atoms with E-state index < -0.39 is 0 Å². The number of nitrogens with zero attached hydrogens (tertiary/aromatic N) is 2. The van der Waals surface area contributed by atoms with Crippen molar-refractivity contribution in [2.24, 2.45) is 0 Å². The van der Waals surface area contributed by atoms with Gasteiger partial charge in [-0.2, -0.15) is 4.58 Å². The van der Waals surface area contributed by atoms with Crippen molar-refractivity contribution in [1.82, 2.24) is 0 Å². The highest BCUT2D eigenvalue weighted by atomic mass is 15.2. The SMILES string of the molecule is Cc1c(C)c(C)c2c3c(c(C)c(C)c2c1C)[N+](C)=C(/C=C/C=C/C=C/C=C1/N(C)c2c(C)c(C)c4c(C)c(C)c(C)c(C)c4c2C1(C)C)C3(C)C. The summed E-state index contributed by atoms with van der Waals surface area (Å²) < 4.78 is 2.45. The molecule has 0 unspecified atom stereocenters. The van der Waals surface area contributed by atoms with Crippen molar-refractivity contribution in [1.29, 1.82) is 0 Å². The topological polar surface area (TPSA) is 6.25 Å². The molecular formula is C49H61N2+. The Hall–Kier alpha value is -4.17. The van der Waals surface area contributed by atoms with E-state index in [1.165, 1.54) is 122 Å². The standard InChI is InChI=1S/C49H61N2/c1-26-28(3)32(7)42-40(30(26)5)34(9)36(11)46-44(42)48(13,14)38(50(46)17)24-22-20-19-21-23-25-39-49(15,16)45-43-33(8)29(4)27(2)31(6)41(43)35(10)37(12)47(45)51(39)18/h19-25H,1-18H3/q+1. The number of likely N-dealkylation sites (N-methyl/N-ethyl adjacent to an activating group) is 1. The molecule has 0 bridgehead atoms. The van der Waals surface area contributed by atoms with Gasteiger partial charge < -0.3 is 4.90 Å². The van der Waals surface area contributed by atoms with Gasteiger partial charge in [-0.25, -0.2) is 0 Å². The summed E-state index contributed by atoms with van der Waals surface area (Å²) in [5.74, 6) is 0. The van der Waals surface area contributed by atoms with Gasteiger partial charge in [0.05, 0.1) is 5.41 Å². The number of anilines is 1. The molecule has 0 N–H and O–H groups in total. The number of allylic oxidation sites excluding steroid dienone is 8. The Bertz CT molecular complexity index is 2380. The molecule has 0 aliphatic carbocycles. The Balaban J connectivity index is 1.33. The highest BCUT2D eigenvalue weighted by molar-refractivity contribution is 6.10. The maximum atomic E-state index is 2.45. The number of hydrogen-bond donors (Lipinski definition) is 0. The van der Waals surface area contributed by atoms with E-state index in [0.29, 0.717) is 0 Å². The second kappa shape index (κ2) is 12.2. The highest BCUT2D eigenvalue weighted by Gasteiger charge is 2.46. The smallest absolute Gasteiger partial charge is 0.213 e. The molecule has 0 aromatic heterocycles. The maximum absolute atomic E-state index is 2.45. The zero-order chi connectivity index (χ0) is 37.8. The first-order valence-corrected chi connectivity index (χ1v) is 18.9. The molecule has 2 heterocycles. The van der Waals surface area contributed by atoms with E-state index in [-0.39, 0.29) is 10.8 Å². The lowest BCUT2D eigenvalue weighted by atomic mass is 9.75. The number of rotatable bonds is 4. The van der Waals surface area contributed by atoms with Gasteiger partial charge in [-0.3, -0.25) is 0 Å². The predicted octanol–water partition coefficient (Wildman–Crippen LogP) is 12.7. The second-order valence-electron chi connectivity index (χ2n) is 16.9. The Morgan fingerprint density at radius 1 is 0.451 bits per heavy atom. The van der Waals surface area contributed by atoms with E-state index in [4.69, 9.17) is 0 Å². The molecule has 2 heteroatoms. The fourth-order valence-electron chi connectivity index (χ4n) is 10.0. The lowest BCUT2D eigenvalue weighted by Crippen LogP contribution is -2.27. The fraction of sp³-hybridized carbons (Fsp3) is 0.408. The van der Waals surface area contributed by atoms with Gasteiger partial charge in [0.1, 0.15) is 7.05 Å². The van der Waals surface area contributed by atoms with Gasteiger partial charge in [0.15, 0.2) is 5.71 Å². The molecule has 4 aromatic carbocycles. The minimum absolute atomic E-state index is 0.118. The summed E-state index contributed by atoms with van der Waals surface area (Å²) in [5, 5.41) is 5.81. The van der Waals surface area contributed by atoms with Crippen LogP contribution in [-0.4, -0.2) is 24.4 Å². The first-order chi connectivity index (χ1) is 23.7. The lowest BCUT2D eigenvalue weighted by Gasteiger charge is -2.26. The van der Waals surface area contributed by atoms with E-state index >= 15 is 0 Å². The van der Waals surface area contributed by atoms with Crippen molar-refractivity contribution < 1.29 is 4.58 Å². The van der Waals surface area contributed by atoms with E-state index in [0.717, 1.165) is 0 Å². The van der Waals surface area contributed by atoms with Gasteiger partial charge in [0, 0.05) is 41.1 Å². The van der Waals surface area contributed by atoms with Crippen LogP contribution in [0.1, 0.15) is 106 Å². The third kappa shape index (κ3) is 4.92. The summed E-state index contributed by atoms with van der Waals surface area (Å²) in [6.07, 6.45) is 15.6.